The first kappa shape index (κ1) is 18.8. The molecule has 8 heteroatoms. The maximum absolute atomic E-state index is 14.4. The summed E-state index contributed by atoms with van der Waals surface area (Å²) in [5.41, 5.74) is 0.951. The summed E-state index contributed by atoms with van der Waals surface area (Å²) in [7, 11) is 1.67. The molecule has 4 rings (SSSR count). The summed E-state index contributed by atoms with van der Waals surface area (Å²) in [4.78, 5) is 39.5. The zero-order valence-electron chi connectivity index (χ0n) is 15.8. The van der Waals surface area contributed by atoms with E-state index in [2.05, 4.69) is 10.2 Å². The third-order valence-corrected chi connectivity index (χ3v) is 5.15. The van der Waals surface area contributed by atoms with Crippen LogP contribution in [-0.2, 0) is 11.2 Å². The Hall–Kier alpha value is -3.55. The van der Waals surface area contributed by atoms with E-state index in [1.54, 1.807) is 36.2 Å². The summed E-state index contributed by atoms with van der Waals surface area (Å²) in [6.07, 6.45) is 0.319. The SMILES string of the molecule is CN1CCN(C(=O)c2cc(Cc3n[nH]c(=O)c4ccccc34)ccc2F)CC1=O. The number of piperazine rings is 1. The van der Waals surface area contributed by atoms with Crippen molar-refractivity contribution in [2.24, 2.45) is 0 Å². The number of aromatic nitrogens is 2. The fourth-order valence-corrected chi connectivity index (χ4v) is 3.45. The van der Waals surface area contributed by atoms with Crippen molar-refractivity contribution < 1.29 is 14.0 Å². The van der Waals surface area contributed by atoms with Gasteiger partial charge in [0.25, 0.3) is 11.5 Å². The van der Waals surface area contributed by atoms with Crippen molar-refractivity contribution in [1.29, 1.82) is 0 Å². The maximum atomic E-state index is 14.4. The van der Waals surface area contributed by atoms with Gasteiger partial charge in [-0.05, 0) is 23.8 Å². The zero-order chi connectivity index (χ0) is 20.5. The van der Waals surface area contributed by atoms with Crippen LogP contribution in [-0.4, -0.2) is 58.5 Å². The molecule has 148 valence electrons. The van der Waals surface area contributed by atoms with Crippen LogP contribution in [0.2, 0.25) is 0 Å². The number of carbonyl (C=O) groups excluding carboxylic acids is 2. The number of aromatic amines is 1. The number of hydrogen-bond acceptors (Lipinski definition) is 4. The molecule has 0 spiro atoms. The van der Waals surface area contributed by atoms with Crippen LogP contribution in [0, 0.1) is 5.82 Å². The molecule has 0 atom stereocenters. The molecule has 7 nitrogen and oxygen atoms in total. The van der Waals surface area contributed by atoms with E-state index in [0.29, 0.717) is 41.5 Å². The first-order chi connectivity index (χ1) is 13.9. The number of nitrogens with zero attached hydrogens (tertiary/aromatic N) is 3. The van der Waals surface area contributed by atoms with Crippen LogP contribution in [0.3, 0.4) is 0 Å². The van der Waals surface area contributed by atoms with Crippen LogP contribution >= 0.6 is 0 Å². The highest BCUT2D eigenvalue weighted by atomic mass is 19.1. The lowest BCUT2D eigenvalue weighted by Gasteiger charge is -2.32. The highest BCUT2D eigenvalue weighted by Crippen LogP contribution is 2.20. The summed E-state index contributed by atoms with van der Waals surface area (Å²) >= 11 is 0. The molecule has 0 radical (unpaired) electrons. The van der Waals surface area contributed by atoms with E-state index in [4.69, 9.17) is 0 Å². The van der Waals surface area contributed by atoms with Gasteiger partial charge in [0.05, 0.1) is 16.6 Å². The van der Waals surface area contributed by atoms with Crippen molar-refractivity contribution in [3.8, 4) is 0 Å². The van der Waals surface area contributed by atoms with E-state index < -0.39 is 11.7 Å². The first-order valence-corrected chi connectivity index (χ1v) is 9.22. The Kier molecular flexibility index (Phi) is 4.84. The predicted octanol–water partition coefficient (Wildman–Crippen LogP) is 1.57. The van der Waals surface area contributed by atoms with Gasteiger partial charge in [-0.1, -0.05) is 24.3 Å². The number of likely N-dealkylation sites (N-methyl/N-ethyl adjacent to an activating group) is 1. The van der Waals surface area contributed by atoms with Crippen molar-refractivity contribution in [2.45, 2.75) is 6.42 Å². The number of amides is 2. The number of nitrogens with one attached hydrogen (secondary N) is 1. The van der Waals surface area contributed by atoms with E-state index in [-0.39, 0.29) is 23.6 Å². The highest BCUT2D eigenvalue weighted by molar-refractivity contribution is 5.97. The first-order valence-electron chi connectivity index (χ1n) is 9.22. The summed E-state index contributed by atoms with van der Waals surface area (Å²) in [5.74, 6) is -1.32. The molecule has 2 amide bonds. The molecule has 1 saturated heterocycles. The van der Waals surface area contributed by atoms with Gasteiger partial charge in [0.15, 0.2) is 0 Å². The minimum absolute atomic E-state index is 0.0644. The Labute approximate surface area is 165 Å². The van der Waals surface area contributed by atoms with Gasteiger partial charge in [0.2, 0.25) is 5.91 Å². The Morgan fingerprint density at radius 2 is 1.90 bits per heavy atom. The fraction of sp³-hybridized carbons (Fsp3) is 0.238. The standard InChI is InChI=1S/C21H19FN4O3/c1-25-8-9-26(12-19(25)27)21(29)16-10-13(6-7-17(16)22)11-18-14-4-2-3-5-15(14)20(28)24-23-18/h2-7,10H,8-9,11-12H2,1H3,(H,24,28). The summed E-state index contributed by atoms with van der Waals surface area (Å²) in [6, 6.07) is 11.4. The van der Waals surface area contributed by atoms with Crippen LogP contribution < -0.4 is 5.56 Å². The van der Waals surface area contributed by atoms with Crippen LogP contribution in [0.5, 0.6) is 0 Å². The molecule has 2 heterocycles. The Bertz CT molecular complexity index is 1170. The monoisotopic (exact) mass is 394 g/mol. The molecule has 0 saturated carbocycles. The average molecular weight is 394 g/mol. The third-order valence-electron chi connectivity index (χ3n) is 5.15. The smallest absolute Gasteiger partial charge is 0.272 e. The van der Waals surface area contributed by atoms with Gasteiger partial charge in [-0.25, -0.2) is 9.49 Å². The second-order valence-corrected chi connectivity index (χ2v) is 7.08. The van der Waals surface area contributed by atoms with Crippen molar-refractivity contribution in [2.75, 3.05) is 26.7 Å². The number of carbonyl (C=O) groups is 2. The number of benzene rings is 2. The Morgan fingerprint density at radius 3 is 2.66 bits per heavy atom. The quantitative estimate of drug-likeness (QED) is 0.731. The summed E-state index contributed by atoms with van der Waals surface area (Å²) < 4.78 is 14.4. The molecule has 1 aliphatic heterocycles. The number of H-pyrrole nitrogens is 1. The van der Waals surface area contributed by atoms with Gasteiger partial charge in [-0.3, -0.25) is 14.4 Å². The molecular formula is C21H19FN4O3. The molecule has 1 N–H and O–H groups in total. The van der Waals surface area contributed by atoms with E-state index in [9.17, 15) is 18.8 Å². The molecule has 0 aliphatic carbocycles. The largest absolute Gasteiger partial charge is 0.342 e. The fourth-order valence-electron chi connectivity index (χ4n) is 3.45. The molecule has 0 unspecified atom stereocenters. The van der Waals surface area contributed by atoms with Gasteiger partial charge in [0, 0.05) is 31.9 Å². The van der Waals surface area contributed by atoms with Crippen LogP contribution in [0.15, 0.2) is 47.3 Å². The zero-order valence-corrected chi connectivity index (χ0v) is 15.8. The molecule has 1 aliphatic rings. The number of fused-ring (bicyclic) bond motifs is 1. The Morgan fingerprint density at radius 1 is 1.14 bits per heavy atom. The van der Waals surface area contributed by atoms with Crippen LogP contribution in [0.4, 0.5) is 4.39 Å². The minimum Gasteiger partial charge on any atom is -0.342 e. The Balaban J connectivity index is 1.64. The molecule has 29 heavy (non-hydrogen) atoms. The van der Waals surface area contributed by atoms with Gasteiger partial charge < -0.3 is 9.80 Å². The van der Waals surface area contributed by atoms with Crippen molar-refractivity contribution in [3.63, 3.8) is 0 Å². The van der Waals surface area contributed by atoms with Gasteiger partial charge >= 0.3 is 0 Å². The lowest BCUT2D eigenvalue weighted by molar-refractivity contribution is -0.133. The second-order valence-electron chi connectivity index (χ2n) is 7.08. The van der Waals surface area contributed by atoms with E-state index in [1.807, 2.05) is 6.07 Å². The molecule has 1 fully saturated rings. The summed E-state index contributed by atoms with van der Waals surface area (Å²) in [6.45, 7) is 0.709. The predicted molar refractivity (Wildman–Crippen MR) is 105 cm³/mol. The molecule has 2 aromatic carbocycles. The lowest BCUT2D eigenvalue weighted by Crippen LogP contribution is -2.50. The van der Waals surface area contributed by atoms with Crippen molar-refractivity contribution >= 4 is 22.6 Å². The number of rotatable bonds is 3. The van der Waals surface area contributed by atoms with Crippen molar-refractivity contribution in [1.82, 2.24) is 20.0 Å². The van der Waals surface area contributed by atoms with Crippen LogP contribution in [0.1, 0.15) is 21.6 Å². The van der Waals surface area contributed by atoms with E-state index in [1.165, 1.54) is 17.0 Å². The molecule has 1 aromatic heterocycles. The lowest BCUT2D eigenvalue weighted by atomic mass is 10.0. The van der Waals surface area contributed by atoms with Gasteiger partial charge in [-0.15, -0.1) is 0 Å². The third kappa shape index (κ3) is 3.61. The topological polar surface area (TPSA) is 86.4 Å². The minimum atomic E-state index is -0.635. The summed E-state index contributed by atoms with van der Waals surface area (Å²) in [5, 5.41) is 7.83. The molecular weight excluding hydrogens is 375 g/mol. The number of hydrogen-bond donors (Lipinski definition) is 1. The normalized spacial score (nSPS) is 14.5. The average Bonchev–Trinajstić information content (AvgIpc) is 2.73. The van der Waals surface area contributed by atoms with Gasteiger partial charge in [0.1, 0.15) is 12.4 Å². The van der Waals surface area contributed by atoms with E-state index in [0.717, 1.165) is 0 Å². The van der Waals surface area contributed by atoms with Gasteiger partial charge in [-0.2, -0.15) is 5.10 Å². The highest BCUT2D eigenvalue weighted by Gasteiger charge is 2.27. The van der Waals surface area contributed by atoms with Crippen LogP contribution in [0.25, 0.3) is 10.8 Å². The molecule has 3 aromatic rings. The van der Waals surface area contributed by atoms with Crippen molar-refractivity contribution in [3.05, 3.63) is 75.5 Å². The van der Waals surface area contributed by atoms with E-state index >= 15 is 0 Å². The number of halogens is 1. The second kappa shape index (κ2) is 7.46. The molecule has 0 bridgehead atoms. The maximum Gasteiger partial charge on any atom is 0.272 e.